The maximum Gasteiger partial charge on any atom is -0.0249 e. The number of aryl methyl sites for hydroxylation is 4. The summed E-state index contributed by atoms with van der Waals surface area (Å²) in [6.07, 6.45) is 0. The minimum atomic E-state index is 0. The molecule has 0 aromatic heterocycles. The van der Waals surface area contributed by atoms with E-state index in [0.29, 0.717) is 5.92 Å². The maximum absolute atomic E-state index is 2.36. The third-order valence-electron chi connectivity index (χ3n) is 7.45. The van der Waals surface area contributed by atoms with Crippen molar-refractivity contribution in [3.05, 3.63) is 131 Å². The first-order chi connectivity index (χ1) is 19.5. The van der Waals surface area contributed by atoms with Gasteiger partial charge in [0.15, 0.2) is 0 Å². The van der Waals surface area contributed by atoms with Gasteiger partial charge in [-0.2, -0.15) is 12.1 Å². The molecule has 0 spiro atoms. The Bertz CT molecular complexity index is 1790. The Morgan fingerprint density at radius 1 is 0.628 bits per heavy atom. The molecule has 0 aliphatic carbocycles. The fourth-order valence-corrected chi connectivity index (χ4v) is 5.40. The molecular formula is C39H42Cl2SiZr-2. The van der Waals surface area contributed by atoms with Crippen LogP contribution in [-0.4, -0.2) is 5.43 Å². The van der Waals surface area contributed by atoms with Gasteiger partial charge in [0.1, 0.15) is 0 Å². The molecule has 6 rings (SSSR count). The fraction of sp³-hybridized carbons (Fsp3) is 0.231. The van der Waals surface area contributed by atoms with Gasteiger partial charge in [0.05, 0.1) is 0 Å². The van der Waals surface area contributed by atoms with E-state index in [2.05, 4.69) is 158 Å². The zero-order chi connectivity index (χ0) is 29.7. The molecule has 222 valence electrons. The summed E-state index contributed by atoms with van der Waals surface area (Å²) >= 11 is 1.74. The largest absolute Gasteiger partial charge is 1.00 e. The van der Waals surface area contributed by atoms with E-state index in [1.165, 1.54) is 71.6 Å². The van der Waals surface area contributed by atoms with Crippen molar-refractivity contribution in [3.8, 4) is 22.3 Å². The van der Waals surface area contributed by atoms with Crippen LogP contribution in [0.5, 0.6) is 0 Å². The average Bonchev–Trinajstić information content (AvgIpc) is 3.54. The standard InChI is InChI=1S/C20H21.C17H15.C2H6Si.2ClH.Zr/c1-13(2)17-11-16-6-5-7-19(20(16)12-17)18-9-8-14(3)10-15(18)4;1-12-10-16-13(2)8-9-15(17(16)11-12)14-6-4-3-5-7-14;1-3-2;;;/h5-13H,1-4H3;3-11H,1-2H3;1-2H3;2*1H;/q2*-1;;;;+2/p-2. The molecule has 0 aliphatic heterocycles. The molecule has 6 aromatic rings. The minimum Gasteiger partial charge on any atom is -1.00 e. The first-order valence-corrected chi connectivity index (χ1v) is 20.7. The van der Waals surface area contributed by atoms with Crippen molar-refractivity contribution in [1.29, 1.82) is 0 Å². The van der Waals surface area contributed by atoms with Crippen LogP contribution in [0.1, 0.15) is 47.6 Å². The molecule has 43 heavy (non-hydrogen) atoms. The number of fused-ring (bicyclic) bond motifs is 2. The zero-order valence-electron chi connectivity index (χ0n) is 26.6. The van der Waals surface area contributed by atoms with Crippen molar-refractivity contribution >= 4 is 27.0 Å². The first-order valence-electron chi connectivity index (χ1n) is 14.6. The summed E-state index contributed by atoms with van der Waals surface area (Å²) in [5, 5.41) is 5.48. The average molecular weight is 701 g/mol. The van der Waals surface area contributed by atoms with E-state index in [1.807, 2.05) is 0 Å². The van der Waals surface area contributed by atoms with E-state index < -0.39 is 0 Å². The topological polar surface area (TPSA) is 0 Å². The van der Waals surface area contributed by atoms with Gasteiger partial charge in [-0.15, -0.1) is 68.6 Å². The molecule has 0 aliphatic rings. The van der Waals surface area contributed by atoms with Crippen molar-refractivity contribution in [2.75, 3.05) is 0 Å². The number of benzene rings is 4. The number of hydrogen-bond donors (Lipinski definition) is 0. The maximum atomic E-state index is 2.36. The summed E-state index contributed by atoms with van der Waals surface area (Å²) in [5.74, 6) is 0.578. The second-order valence-electron chi connectivity index (χ2n) is 11.7. The van der Waals surface area contributed by atoms with Gasteiger partial charge >= 0.3 is 41.9 Å². The molecule has 4 heteroatoms. The predicted molar refractivity (Wildman–Crippen MR) is 180 cm³/mol. The smallest absolute Gasteiger partial charge is 0.0249 e. The zero-order valence-corrected chi connectivity index (χ0v) is 31.6. The normalized spacial score (nSPS) is 10.3. The van der Waals surface area contributed by atoms with Gasteiger partial charge in [-0.1, -0.05) is 105 Å². The van der Waals surface area contributed by atoms with Crippen molar-refractivity contribution in [1.82, 2.24) is 0 Å². The van der Waals surface area contributed by atoms with Gasteiger partial charge < -0.3 is 24.8 Å². The molecule has 0 amide bonds. The van der Waals surface area contributed by atoms with Crippen molar-refractivity contribution in [3.63, 3.8) is 0 Å². The summed E-state index contributed by atoms with van der Waals surface area (Å²) in [6.45, 7) is 17.8. The molecule has 0 N–H and O–H groups in total. The number of halogens is 2. The second kappa shape index (κ2) is 16.7. The quantitative estimate of drug-likeness (QED) is 0.167. The summed E-state index contributed by atoms with van der Waals surface area (Å²) in [6, 6.07) is 37.6. The Morgan fingerprint density at radius 2 is 1.28 bits per heavy atom. The van der Waals surface area contributed by atoms with Gasteiger partial charge in [0.2, 0.25) is 0 Å². The molecule has 0 fully saturated rings. The molecule has 0 atom stereocenters. The Balaban J connectivity index is 0.000000259. The molecule has 0 radical (unpaired) electrons. The van der Waals surface area contributed by atoms with Crippen LogP contribution in [0, 0.1) is 27.7 Å². The molecule has 0 saturated heterocycles. The van der Waals surface area contributed by atoms with Crippen LogP contribution in [0.25, 0.3) is 43.8 Å². The van der Waals surface area contributed by atoms with Crippen molar-refractivity contribution < 1.29 is 48.1 Å². The molecule has 0 unspecified atom stereocenters. The molecule has 6 aromatic carbocycles. The van der Waals surface area contributed by atoms with Gasteiger partial charge in [0.25, 0.3) is 0 Å². The molecule has 0 heterocycles. The van der Waals surface area contributed by atoms with E-state index in [0.717, 1.165) is 0 Å². The van der Waals surface area contributed by atoms with E-state index in [4.69, 9.17) is 0 Å². The predicted octanol–water partition coefficient (Wildman–Crippen LogP) is 5.60. The summed E-state index contributed by atoms with van der Waals surface area (Å²) in [5.41, 5.74) is 12.3. The van der Waals surface area contributed by atoms with Gasteiger partial charge in [-0.3, -0.25) is 0 Å². The number of rotatable bonds is 3. The second-order valence-corrected chi connectivity index (χ2v) is 21.1. The van der Waals surface area contributed by atoms with Crippen molar-refractivity contribution in [2.45, 2.75) is 60.6 Å². The van der Waals surface area contributed by atoms with Crippen LogP contribution < -0.4 is 24.8 Å². The fourth-order valence-electron chi connectivity index (χ4n) is 5.40. The van der Waals surface area contributed by atoms with Gasteiger partial charge in [0, 0.05) is 0 Å². The molecule has 0 bridgehead atoms. The van der Waals surface area contributed by atoms with Gasteiger partial charge in [-0.05, 0) is 36.5 Å². The van der Waals surface area contributed by atoms with E-state index in [1.54, 1.807) is 23.3 Å². The van der Waals surface area contributed by atoms with E-state index in [-0.39, 0.29) is 30.2 Å². The van der Waals surface area contributed by atoms with Crippen molar-refractivity contribution in [2.24, 2.45) is 0 Å². The monoisotopic (exact) mass is 698 g/mol. The van der Waals surface area contributed by atoms with Crippen LogP contribution in [0.15, 0.2) is 103 Å². The molecular weight excluding hydrogens is 659 g/mol. The van der Waals surface area contributed by atoms with Crippen LogP contribution in [-0.2, 0) is 23.3 Å². The van der Waals surface area contributed by atoms with Gasteiger partial charge in [-0.25, -0.2) is 0 Å². The third-order valence-corrected chi connectivity index (χ3v) is 7.45. The summed E-state index contributed by atoms with van der Waals surface area (Å²) in [4.78, 5) is 0. The Kier molecular flexibility index (Phi) is 14.4. The van der Waals surface area contributed by atoms with Crippen LogP contribution in [0.4, 0.5) is 0 Å². The Labute approximate surface area is 286 Å². The Morgan fingerprint density at radius 3 is 1.91 bits per heavy atom. The van der Waals surface area contributed by atoms with E-state index in [9.17, 15) is 0 Å². The summed E-state index contributed by atoms with van der Waals surface area (Å²) in [7, 11) is 0. The van der Waals surface area contributed by atoms with Crippen LogP contribution in [0.3, 0.4) is 0 Å². The van der Waals surface area contributed by atoms with E-state index >= 15 is 0 Å². The summed E-state index contributed by atoms with van der Waals surface area (Å²) < 4.78 is 0. The number of hydrogen-bond acceptors (Lipinski definition) is 0. The minimum absolute atomic E-state index is 0. The third kappa shape index (κ3) is 9.39. The Hall–Kier alpha value is -2.22. The van der Waals surface area contributed by atoms with Crippen LogP contribution >= 0.6 is 0 Å². The molecule has 0 nitrogen and oxygen atoms in total. The van der Waals surface area contributed by atoms with Crippen LogP contribution in [0.2, 0.25) is 13.1 Å². The first kappa shape index (κ1) is 37.0. The molecule has 0 saturated carbocycles. The SMILES string of the molecule is C[Si](C)=[Zr+2].Cc1cc2c(-c3ccccc3)ccc(C)c2[cH-]1.Cc1ccc(-c2cccc3[cH-]c(C(C)C)cc23)c(C)c1.[Cl-].[Cl-].